The Balaban J connectivity index is 2.24. The average molecular weight is 297 g/mol. The number of hydrogen-bond acceptors (Lipinski definition) is 2. The second-order valence-corrected chi connectivity index (χ2v) is 5.45. The van der Waals surface area contributed by atoms with Crippen LogP contribution in [-0.2, 0) is 11.3 Å². The van der Waals surface area contributed by atoms with Gasteiger partial charge in [-0.2, -0.15) is 0 Å². The van der Waals surface area contributed by atoms with Crippen LogP contribution < -0.4 is 0 Å². The molecule has 3 nitrogen and oxygen atoms in total. The highest BCUT2D eigenvalue weighted by molar-refractivity contribution is 5.96. The second-order valence-electron chi connectivity index (χ2n) is 5.45. The summed E-state index contributed by atoms with van der Waals surface area (Å²) in [5.74, 6) is 0.0575. The van der Waals surface area contributed by atoms with Gasteiger partial charge < -0.3 is 9.64 Å². The zero-order valence-corrected chi connectivity index (χ0v) is 13.5. The molecule has 2 aromatic rings. The van der Waals surface area contributed by atoms with E-state index in [4.69, 9.17) is 4.74 Å². The van der Waals surface area contributed by atoms with Gasteiger partial charge in [0.2, 0.25) is 0 Å². The molecule has 3 heteroatoms. The molecule has 0 radical (unpaired) electrons. The Hall–Kier alpha value is -2.13. The molecule has 0 aliphatic heterocycles. The topological polar surface area (TPSA) is 29.5 Å². The summed E-state index contributed by atoms with van der Waals surface area (Å²) in [5.41, 5.74) is 4.07. The molecule has 0 aliphatic rings. The maximum atomic E-state index is 12.9. The molecule has 0 heterocycles. The van der Waals surface area contributed by atoms with Crippen molar-refractivity contribution in [2.45, 2.75) is 20.4 Å². The Morgan fingerprint density at radius 3 is 2.45 bits per heavy atom. The van der Waals surface area contributed by atoms with E-state index in [9.17, 15) is 4.79 Å². The lowest BCUT2D eigenvalue weighted by Gasteiger charge is -2.24. The van der Waals surface area contributed by atoms with Crippen molar-refractivity contribution in [2.75, 3.05) is 20.3 Å². The van der Waals surface area contributed by atoms with Crippen LogP contribution >= 0.6 is 0 Å². The number of carbonyl (C=O) groups is 1. The normalized spacial score (nSPS) is 10.5. The van der Waals surface area contributed by atoms with Gasteiger partial charge in [-0.3, -0.25) is 4.79 Å². The molecule has 0 saturated heterocycles. The monoisotopic (exact) mass is 297 g/mol. The molecule has 0 fully saturated rings. The number of rotatable bonds is 6. The van der Waals surface area contributed by atoms with Gasteiger partial charge in [-0.25, -0.2) is 0 Å². The van der Waals surface area contributed by atoms with Gasteiger partial charge in [-0.05, 0) is 36.6 Å². The van der Waals surface area contributed by atoms with Crippen LogP contribution in [0.2, 0.25) is 0 Å². The Morgan fingerprint density at radius 1 is 1.05 bits per heavy atom. The predicted molar refractivity (Wildman–Crippen MR) is 89.0 cm³/mol. The van der Waals surface area contributed by atoms with Crippen LogP contribution in [0.5, 0.6) is 0 Å². The number of ether oxygens (including phenoxy) is 1. The van der Waals surface area contributed by atoms with E-state index in [1.807, 2.05) is 67.3 Å². The SMILES string of the molecule is COCCN(Cc1ccccc1)C(=O)c1cccc(C)c1C. The second kappa shape index (κ2) is 7.76. The summed E-state index contributed by atoms with van der Waals surface area (Å²) in [6.45, 7) is 5.74. The van der Waals surface area contributed by atoms with E-state index in [1.54, 1.807) is 7.11 Å². The Labute approximate surface area is 132 Å². The van der Waals surface area contributed by atoms with Gasteiger partial charge in [0.25, 0.3) is 5.91 Å². The van der Waals surface area contributed by atoms with Crippen molar-refractivity contribution >= 4 is 5.91 Å². The summed E-state index contributed by atoms with van der Waals surface area (Å²) < 4.78 is 5.16. The first-order chi connectivity index (χ1) is 10.6. The van der Waals surface area contributed by atoms with E-state index in [2.05, 4.69) is 0 Å². The van der Waals surface area contributed by atoms with Crippen molar-refractivity contribution in [3.63, 3.8) is 0 Å². The fourth-order valence-electron chi connectivity index (χ4n) is 2.41. The van der Waals surface area contributed by atoms with Gasteiger partial charge in [-0.15, -0.1) is 0 Å². The molecule has 0 aromatic heterocycles. The van der Waals surface area contributed by atoms with Crippen LogP contribution in [0.4, 0.5) is 0 Å². The van der Waals surface area contributed by atoms with Crippen molar-refractivity contribution in [2.24, 2.45) is 0 Å². The predicted octanol–water partition coefficient (Wildman–Crippen LogP) is 3.59. The highest BCUT2D eigenvalue weighted by atomic mass is 16.5. The molecule has 116 valence electrons. The summed E-state index contributed by atoms with van der Waals surface area (Å²) in [4.78, 5) is 14.7. The zero-order valence-electron chi connectivity index (χ0n) is 13.5. The molecule has 2 aromatic carbocycles. The van der Waals surface area contributed by atoms with Crippen molar-refractivity contribution in [1.29, 1.82) is 0 Å². The van der Waals surface area contributed by atoms with E-state index in [-0.39, 0.29) is 5.91 Å². The zero-order chi connectivity index (χ0) is 15.9. The largest absolute Gasteiger partial charge is 0.383 e. The van der Waals surface area contributed by atoms with Gasteiger partial charge in [0.15, 0.2) is 0 Å². The van der Waals surface area contributed by atoms with E-state index in [0.717, 1.165) is 22.3 Å². The van der Waals surface area contributed by atoms with E-state index in [0.29, 0.717) is 19.7 Å². The lowest BCUT2D eigenvalue weighted by Crippen LogP contribution is -2.34. The van der Waals surface area contributed by atoms with Gasteiger partial charge >= 0.3 is 0 Å². The third-order valence-corrected chi connectivity index (χ3v) is 3.90. The molecule has 0 spiro atoms. The van der Waals surface area contributed by atoms with Crippen LogP contribution in [0.15, 0.2) is 48.5 Å². The number of carbonyl (C=O) groups excluding carboxylic acids is 1. The highest BCUT2D eigenvalue weighted by Gasteiger charge is 2.18. The Morgan fingerprint density at radius 2 is 1.77 bits per heavy atom. The average Bonchev–Trinajstić information content (AvgIpc) is 2.54. The minimum atomic E-state index is 0.0575. The lowest BCUT2D eigenvalue weighted by molar-refractivity contribution is 0.0679. The molecule has 0 N–H and O–H groups in total. The van der Waals surface area contributed by atoms with Crippen molar-refractivity contribution in [1.82, 2.24) is 4.90 Å². The van der Waals surface area contributed by atoms with Gasteiger partial charge in [0.05, 0.1) is 6.61 Å². The highest BCUT2D eigenvalue weighted by Crippen LogP contribution is 2.16. The van der Waals surface area contributed by atoms with Crippen LogP contribution in [0, 0.1) is 13.8 Å². The fraction of sp³-hybridized carbons (Fsp3) is 0.316. The van der Waals surface area contributed by atoms with Crippen LogP contribution in [-0.4, -0.2) is 31.1 Å². The number of hydrogen-bond donors (Lipinski definition) is 0. The maximum Gasteiger partial charge on any atom is 0.254 e. The number of benzene rings is 2. The molecule has 22 heavy (non-hydrogen) atoms. The first-order valence-corrected chi connectivity index (χ1v) is 7.52. The summed E-state index contributed by atoms with van der Waals surface area (Å²) in [5, 5.41) is 0. The van der Waals surface area contributed by atoms with Gasteiger partial charge in [0, 0.05) is 25.8 Å². The van der Waals surface area contributed by atoms with E-state index in [1.165, 1.54) is 0 Å². The Kier molecular flexibility index (Phi) is 5.73. The molecule has 0 saturated carbocycles. The standard InChI is InChI=1S/C19H23NO2/c1-15-8-7-11-18(16(15)2)19(21)20(12-13-22-3)14-17-9-5-4-6-10-17/h4-11H,12-14H2,1-3H3. The minimum Gasteiger partial charge on any atom is -0.383 e. The summed E-state index contributed by atoms with van der Waals surface area (Å²) in [6, 6.07) is 15.9. The van der Waals surface area contributed by atoms with E-state index < -0.39 is 0 Å². The molecule has 0 bridgehead atoms. The van der Waals surface area contributed by atoms with Crippen molar-refractivity contribution in [3.8, 4) is 0 Å². The third kappa shape index (κ3) is 3.95. The number of aryl methyl sites for hydroxylation is 1. The van der Waals surface area contributed by atoms with Gasteiger partial charge in [0.1, 0.15) is 0 Å². The van der Waals surface area contributed by atoms with Crippen molar-refractivity contribution < 1.29 is 9.53 Å². The fourth-order valence-corrected chi connectivity index (χ4v) is 2.41. The summed E-state index contributed by atoms with van der Waals surface area (Å²) in [6.07, 6.45) is 0. The first-order valence-electron chi connectivity index (χ1n) is 7.52. The molecular weight excluding hydrogens is 274 g/mol. The molecule has 0 atom stereocenters. The molecule has 0 aliphatic carbocycles. The van der Waals surface area contributed by atoms with Crippen LogP contribution in [0.3, 0.4) is 0 Å². The Bertz CT molecular complexity index is 623. The maximum absolute atomic E-state index is 12.9. The smallest absolute Gasteiger partial charge is 0.254 e. The first kappa shape index (κ1) is 16.2. The molecule has 0 unspecified atom stereocenters. The lowest BCUT2D eigenvalue weighted by atomic mass is 10.0. The van der Waals surface area contributed by atoms with Crippen molar-refractivity contribution in [3.05, 3.63) is 70.8 Å². The summed E-state index contributed by atoms with van der Waals surface area (Å²) >= 11 is 0. The quantitative estimate of drug-likeness (QED) is 0.815. The molecular formula is C19H23NO2. The number of nitrogens with zero attached hydrogens (tertiary/aromatic N) is 1. The van der Waals surface area contributed by atoms with Gasteiger partial charge in [-0.1, -0.05) is 42.5 Å². The number of methoxy groups -OCH3 is 1. The summed E-state index contributed by atoms with van der Waals surface area (Å²) in [7, 11) is 1.66. The number of amides is 1. The molecule has 1 amide bonds. The minimum absolute atomic E-state index is 0.0575. The van der Waals surface area contributed by atoms with E-state index >= 15 is 0 Å². The molecule has 2 rings (SSSR count). The van der Waals surface area contributed by atoms with Crippen LogP contribution in [0.1, 0.15) is 27.0 Å². The van der Waals surface area contributed by atoms with Crippen LogP contribution in [0.25, 0.3) is 0 Å². The third-order valence-electron chi connectivity index (χ3n) is 3.90.